The molecular weight excluding hydrogens is 456 g/mol. The summed E-state index contributed by atoms with van der Waals surface area (Å²) in [5, 5.41) is 2.76. The maximum absolute atomic E-state index is 12.5. The van der Waals surface area contributed by atoms with Crippen molar-refractivity contribution in [3.05, 3.63) is 83.9 Å². The second-order valence-electron chi connectivity index (χ2n) is 7.31. The third kappa shape index (κ3) is 6.97. The molecule has 34 heavy (non-hydrogen) atoms. The zero-order valence-corrected chi connectivity index (χ0v) is 19.9. The summed E-state index contributed by atoms with van der Waals surface area (Å²) in [5.41, 5.74) is 1.77. The lowest BCUT2D eigenvalue weighted by atomic mass is 10.1. The van der Waals surface area contributed by atoms with Gasteiger partial charge in [-0.3, -0.25) is 4.79 Å². The van der Waals surface area contributed by atoms with Crippen LogP contribution in [0.5, 0.6) is 17.2 Å². The van der Waals surface area contributed by atoms with Gasteiger partial charge in [-0.1, -0.05) is 36.4 Å². The first-order valence-corrected chi connectivity index (χ1v) is 12.1. The number of hydrogen-bond donors (Lipinski definition) is 2. The number of benzene rings is 3. The van der Waals surface area contributed by atoms with E-state index in [1.165, 1.54) is 24.3 Å². The topological polar surface area (TPSA) is 103 Å². The van der Waals surface area contributed by atoms with E-state index in [0.717, 1.165) is 11.1 Å². The van der Waals surface area contributed by atoms with Gasteiger partial charge in [-0.15, -0.1) is 0 Å². The van der Waals surface area contributed by atoms with Crippen LogP contribution in [0.3, 0.4) is 0 Å². The van der Waals surface area contributed by atoms with Crippen LogP contribution in [0.25, 0.3) is 0 Å². The third-order valence-corrected chi connectivity index (χ3v) is 6.52. The Morgan fingerprint density at radius 2 is 1.50 bits per heavy atom. The molecule has 0 aliphatic rings. The van der Waals surface area contributed by atoms with Crippen LogP contribution >= 0.6 is 0 Å². The van der Waals surface area contributed by atoms with Gasteiger partial charge in [-0.25, -0.2) is 13.1 Å². The van der Waals surface area contributed by atoms with Crippen molar-refractivity contribution >= 4 is 15.9 Å². The van der Waals surface area contributed by atoms with E-state index in [1.54, 1.807) is 32.4 Å². The standard InChI is InChI=1S/C25H28N2O6S/c1-31-23-9-6-10-24(32-2)22(23)17-26-25(28)18-33-20-11-13-21(14-12-20)34(29,30)27-16-15-19-7-4-3-5-8-19/h3-14,27H,15-18H2,1-2H3,(H,26,28). The van der Waals surface area contributed by atoms with E-state index in [9.17, 15) is 13.2 Å². The fourth-order valence-electron chi connectivity index (χ4n) is 3.26. The monoisotopic (exact) mass is 484 g/mol. The minimum absolute atomic E-state index is 0.126. The van der Waals surface area contributed by atoms with Crippen molar-refractivity contribution in [1.82, 2.24) is 10.0 Å². The van der Waals surface area contributed by atoms with Crippen molar-refractivity contribution in [3.63, 3.8) is 0 Å². The molecule has 3 aromatic carbocycles. The average Bonchev–Trinajstić information content (AvgIpc) is 2.86. The van der Waals surface area contributed by atoms with Gasteiger partial charge < -0.3 is 19.5 Å². The second-order valence-corrected chi connectivity index (χ2v) is 9.08. The van der Waals surface area contributed by atoms with E-state index >= 15 is 0 Å². The molecule has 0 bridgehead atoms. The van der Waals surface area contributed by atoms with Gasteiger partial charge >= 0.3 is 0 Å². The normalized spacial score (nSPS) is 11.0. The molecule has 0 aliphatic heterocycles. The van der Waals surface area contributed by atoms with Gasteiger partial charge in [0.1, 0.15) is 17.2 Å². The van der Waals surface area contributed by atoms with Gasteiger partial charge in [0.2, 0.25) is 10.0 Å². The highest BCUT2D eigenvalue weighted by atomic mass is 32.2. The van der Waals surface area contributed by atoms with Crippen LogP contribution in [0.4, 0.5) is 0 Å². The maximum Gasteiger partial charge on any atom is 0.258 e. The number of ether oxygens (including phenoxy) is 3. The average molecular weight is 485 g/mol. The van der Waals surface area contributed by atoms with Gasteiger partial charge in [0.05, 0.1) is 31.2 Å². The van der Waals surface area contributed by atoms with Crippen molar-refractivity contribution in [2.24, 2.45) is 0 Å². The number of rotatable bonds is 12. The number of hydrogen-bond acceptors (Lipinski definition) is 6. The number of nitrogens with one attached hydrogen (secondary N) is 2. The van der Waals surface area contributed by atoms with Gasteiger partial charge in [0.15, 0.2) is 6.61 Å². The Morgan fingerprint density at radius 3 is 2.12 bits per heavy atom. The molecule has 1 amide bonds. The molecule has 0 heterocycles. The van der Waals surface area contributed by atoms with E-state index in [2.05, 4.69) is 10.0 Å². The number of carbonyl (C=O) groups excluding carboxylic acids is 1. The van der Waals surface area contributed by atoms with Gasteiger partial charge in [0.25, 0.3) is 5.91 Å². The van der Waals surface area contributed by atoms with Crippen LogP contribution < -0.4 is 24.2 Å². The molecule has 0 spiro atoms. The molecule has 0 unspecified atom stereocenters. The molecule has 0 radical (unpaired) electrons. The molecule has 0 atom stereocenters. The highest BCUT2D eigenvalue weighted by molar-refractivity contribution is 7.89. The summed E-state index contributed by atoms with van der Waals surface area (Å²) in [6.45, 7) is 0.280. The molecule has 0 aromatic heterocycles. The van der Waals surface area contributed by atoms with Crippen molar-refractivity contribution in [2.45, 2.75) is 17.9 Å². The zero-order valence-electron chi connectivity index (χ0n) is 19.1. The van der Waals surface area contributed by atoms with Gasteiger partial charge in [0, 0.05) is 6.54 Å². The highest BCUT2D eigenvalue weighted by Gasteiger charge is 2.14. The summed E-state index contributed by atoms with van der Waals surface area (Å²) in [4.78, 5) is 12.4. The quantitative estimate of drug-likeness (QED) is 0.410. The summed E-state index contributed by atoms with van der Waals surface area (Å²) < 4.78 is 43.7. The second kappa shape index (κ2) is 12.1. The lowest BCUT2D eigenvalue weighted by molar-refractivity contribution is -0.123. The van der Waals surface area contributed by atoms with Crippen molar-refractivity contribution < 1.29 is 27.4 Å². The molecule has 2 N–H and O–H groups in total. The Labute approximate surface area is 199 Å². The SMILES string of the molecule is COc1cccc(OC)c1CNC(=O)COc1ccc(S(=O)(=O)NCCc2ccccc2)cc1. The molecule has 8 nitrogen and oxygen atoms in total. The van der Waals surface area contributed by atoms with Crippen LogP contribution in [0.2, 0.25) is 0 Å². The first-order chi connectivity index (χ1) is 16.4. The number of methoxy groups -OCH3 is 2. The third-order valence-electron chi connectivity index (χ3n) is 5.04. The predicted molar refractivity (Wildman–Crippen MR) is 129 cm³/mol. The van der Waals surface area contributed by atoms with E-state index in [0.29, 0.717) is 30.2 Å². The molecule has 0 saturated heterocycles. The Bertz CT molecular complexity index is 1160. The molecule has 0 fully saturated rings. The highest BCUT2D eigenvalue weighted by Crippen LogP contribution is 2.27. The van der Waals surface area contributed by atoms with Crippen LogP contribution in [-0.4, -0.2) is 41.7 Å². The summed E-state index contributed by atoms with van der Waals surface area (Å²) in [7, 11) is -0.545. The van der Waals surface area contributed by atoms with Crippen molar-refractivity contribution in [2.75, 3.05) is 27.4 Å². The van der Waals surface area contributed by atoms with E-state index in [4.69, 9.17) is 14.2 Å². The number of amides is 1. The Balaban J connectivity index is 1.48. The molecule has 0 saturated carbocycles. The molecule has 180 valence electrons. The Kier molecular flexibility index (Phi) is 8.89. The van der Waals surface area contributed by atoms with E-state index in [1.807, 2.05) is 30.3 Å². The van der Waals surface area contributed by atoms with Crippen LogP contribution in [-0.2, 0) is 27.8 Å². The van der Waals surface area contributed by atoms with Gasteiger partial charge in [-0.2, -0.15) is 0 Å². The van der Waals surface area contributed by atoms with E-state index in [-0.39, 0.29) is 24.0 Å². The minimum atomic E-state index is -3.64. The fourth-order valence-corrected chi connectivity index (χ4v) is 4.29. The summed E-state index contributed by atoms with van der Waals surface area (Å²) in [6.07, 6.45) is 0.594. The van der Waals surface area contributed by atoms with Crippen molar-refractivity contribution in [3.8, 4) is 17.2 Å². The molecule has 0 aliphatic carbocycles. The minimum Gasteiger partial charge on any atom is -0.496 e. The van der Waals surface area contributed by atoms with Crippen LogP contribution in [0.1, 0.15) is 11.1 Å². The van der Waals surface area contributed by atoms with Gasteiger partial charge in [-0.05, 0) is 48.4 Å². The lowest BCUT2D eigenvalue weighted by Gasteiger charge is -2.14. The summed E-state index contributed by atoms with van der Waals surface area (Å²) in [6, 6.07) is 20.9. The number of carbonyl (C=O) groups is 1. The Morgan fingerprint density at radius 1 is 0.853 bits per heavy atom. The Hall–Kier alpha value is -3.56. The first kappa shape index (κ1) is 25.1. The van der Waals surface area contributed by atoms with Crippen LogP contribution in [0, 0.1) is 0 Å². The summed E-state index contributed by atoms with van der Waals surface area (Å²) >= 11 is 0. The molecular formula is C25H28N2O6S. The molecule has 3 aromatic rings. The lowest BCUT2D eigenvalue weighted by Crippen LogP contribution is -2.28. The fraction of sp³-hybridized carbons (Fsp3) is 0.240. The van der Waals surface area contributed by atoms with Crippen LogP contribution in [0.15, 0.2) is 77.7 Å². The molecule has 3 rings (SSSR count). The first-order valence-electron chi connectivity index (χ1n) is 10.7. The zero-order chi connectivity index (χ0) is 24.4. The van der Waals surface area contributed by atoms with Crippen molar-refractivity contribution in [1.29, 1.82) is 0 Å². The maximum atomic E-state index is 12.5. The largest absolute Gasteiger partial charge is 0.496 e. The number of sulfonamides is 1. The van der Waals surface area contributed by atoms with E-state index < -0.39 is 10.0 Å². The summed E-state index contributed by atoms with van der Waals surface area (Å²) in [5.74, 6) is 1.25. The predicted octanol–water partition coefficient (Wildman–Crippen LogP) is 2.92. The smallest absolute Gasteiger partial charge is 0.258 e. The molecule has 9 heteroatoms.